The Balaban J connectivity index is 1.65. The number of anilines is 1. The summed E-state index contributed by atoms with van der Waals surface area (Å²) in [6.45, 7) is 10.7. The molecule has 8 heteroatoms. The molecule has 0 spiro atoms. The summed E-state index contributed by atoms with van der Waals surface area (Å²) < 4.78 is 44.4. The van der Waals surface area contributed by atoms with Crippen LogP contribution in [0.1, 0.15) is 71.5 Å². The first-order valence-corrected chi connectivity index (χ1v) is 15.9. The van der Waals surface area contributed by atoms with Gasteiger partial charge in [-0.15, -0.1) is 0 Å². The SMILES string of the molecule is CCCCc1oc2ccc(NS(C)(=O)=O)cc2c1Oc1ccc(OCCCN(CCCC)CCCC)cc1. The molecule has 0 amide bonds. The highest BCUT2D eigenvalue weighted by Crippen LogP contribution is 2.39. The lowest BCUT2D eigenvalue weighted by atomic mass is 10.1. The molecule has 7 nitrogen and oxygen atoms in total. The first-order chi connectivity index (χ1) is 18.3. The summed E-state index contributed by atoms with van der Waals surface area (Å²) in [6, 6.07) is 12.9. The van der Waals surface area contributed by atoms with Crippen LogP contribution in [0.2, 0.25) is 0 Å². The van der Waals surface area contributed by atoms with Crippen molar-refractivity contribution in [2.75, 3.05) is 37.2 Å². The van der Waals surface area contributed by atoms with Gasteiger partial charge in [0, 0.05) is 18.7 Å². The predicted molar refractivity (Wildman–Crippen MR) is 156 cm³/mol. The third kappa shape index (κ3) is 9.55. The Kier molecular flexibility index (Phi) is 11.8. The highest BCUT2D eigenvalue weighted by Gasteiger charge is 2.18. The van der Waals surface area contributed by atoms with E-state index in [1.165, 1.54) is 25.7 Å². The summed E-state index contributed by atoms with van der Waals surface area (Å²) in [5.41, 5.74) is 1.14. The molecule has 0 atom stereocenters. The highest BCUT2D eigenvalue weighted by molar-refractivity contribution is 7.92. The second kappa shape index (κ2) is 15.0. The minimum Gasteiger partial charge on any atom is -0.494 e. The molecule has 0 unspecified atom stereocenters. The minimum absolute atomic E-state index is 0.472. The zero-order valence-corrected chi connectivity index (χ0v) is 24.2. The van der Waals surface area contributed by atoms with Gasteiger partial charge in [0.15, 0.2) is 5.75 Å². The molecule has 0 aliphatic carbocycles. The predicted octanol–water partition coefficient (Wildman–Crippen LogP) is 7.61. The average Bonchev–Trinajstić information content (AvgIpc) is 3.22. The number of hydrogen-bond acceptors (Lipinski definition) is 6. The summed E-state index contributed by atoms with van der Waals surface area (Å²) in [5.74, 6) is 2.87. The molecule has 1 N–H and O–H groups in total. The molecule has 210 valence electrons. The van der Waals surface area contributed by atoms with Crippen LogP contribution in [0, 0.1) is 0 Å². The molecule has 0 aliphatic rings. The molecule has 0 radical (unpaired) electrons. The molecule has 1 aromatic heterocycles. The monoisotopic (exact) mass is 544 g/mol. The number of hydrogen-bond donors (Lipinski definition) is 1. The van der Waals surface area contributed by atoms with E-state index in [1.807, 2.05) is 24.3 Å². The fraction of sp³-hybridized carbons (Fsp3) is 0.533. The van der Waals surface area contributed by atoms with Gasteiger partial charge in [0.2, 0.25) is 10.0 Å². The van der Waals surface area contributed by atoms with Crippen molar-refractivity contribution < 1.29 is 22.3 Å². The molecular weight excluding hydrogens is 500 g/mol. The lowest BCUT2D eigenvalue weighted by Crippen LogP contribution is -2.28. The Bertz CT molecular complexity index is 1210. The molecule has 0 saturated heterocycles. The van der Waals surface area contributed by atoms with Gasteiger partial charge in [-0.2, -0.15) is 0 Å². The van der Waals surface area contributed by atoms with Gasteiger partial charge in [-0.3, -0.25) is 4.72 Å². The van der Waals surface area contributed by atoms with Crippen molar-refractivity contribution in [2.24, 2.45) is 0 Å². The van der Waals surface area contributed by atoms with Crippen LogP contribution in [-0.2, 0) is 16.4 Å². The van der Waals surface area contributed by atoms with Gasteiger partial charge < -0.3 is 18.8 Å². The second-order valence-electron chi connectivity index (χ2n) is 9.87. The van der Waals surface area contributed by atoms with E-state index in [0.29, 0.717) is 29.4 Å². The van der Waals surface area contributed by atoms with Crippen molar-refractivity contribution in [1.82, 2.24) is 4.90 Å². The molecule has 0 fully saturated rings. The van der Waals surface area contributed by atoms with Crippen LogP contribution in [0.15, 0.2) is 46.9 Å². The molecule has 3 rings (SSSR count). The fourth-order valence-corrected chi connectivity index (χ4v) is 4.87. The Hall–Kier alpha value is -2.71. The van der Waals surface area contributed by atoms with E-state index in [-0.39, 0.29) is 0 Å². The van der Waals surface area contributed by atoms with Gasteiger partial charge in [-0.25, -0.2) is 8.42 Å². The minimum atomic E-state index is -3.39. The summed E-state index contributed by atoms with van der Waals surface area (Å²) in [5, 5.41) is 0.737. The maximum atomic E-state index is 11.7. The number of benzene rings is 2. The zero-order chi connectivity index (χ0) is 27.4. The van der Waals surface area contributed by atoms with Crippen LogP contribution in [0.25, 0.3) is 11.0 Å². The van der Waals surface area contributed by atoms with Gasteiger partial charge in [0.25, 0.3) is 0 Å². The Morgan fingerprint density at radius 3 is 2.11 bits per heavy atom. The molecule has 3 aromatic rings. The lowest BCUT2D eigenvalue weighted by Gasteiger charge is -2.21. The topological polar surface area (TPSA) is 81.0 Å². The van der Waals surface area contributed by atoms with Gasteiger partial charge in [-0.05, 0) is 81.2 Å². The van der Waals surface area contributed by atoms with Crippen molar-refractivity contribution in [2.45, 2.75) is 72.1 Å². The van der Waals surface area contributed by atoms with Crippen LogP contribution in [0.4, 0.5) is 5.69 Å². The number of furan rings is 1. The van der Waals surface area contributed by atoms with Crippen molar-refractivity contribution in [3.8, 4) is 17.2 Å². The van der Waals surface area contributed by atoms with Crippen molar-refractivity contribution in [1.29, 1.82) is 0 Å². The molecule has 38 heavy (non-hydrogen) atoms. The van der Waals surface area contributed by atoms with Gasteiger partial charge in [0.05, 0.1) is 18.2 Å². The van der Waals surface area contributed by atoms with E-state index in [2.05, 4.69) is 30.4 Å². The first-order valence-electron chi connectivity index (χ1n) is 14.0. The molecule has 2 aromatic carbocycles. The van der Waals surface area contributed by atoms with Crippen molar-refractivity contribution in [3.05, 3.63) is 48.2 Å². The average molecular weight is 545 g/mol. The van der Waals surface area contributed by atoms with E-state index in [9.17, 15) is 8.42 Å². The van der Waals surface area contributed by atoms with Gasteiger partial charge in [-0.1, -0.05) is 40.0 Å². The standard InChI is InChI=1S/C30H44N2O5S/c1-5-8-12-29-30(27-23-24(31-38(4,33)34)13-18-28(27)37-29)36-26-16-14-25(15-17-26)35-22-11-21-32(19-9-6-2)20-10-7-3/h13-18,23,31H,5-12,19-22H2,1-4H3. The van der Waals surface area contributed by atoms with E-state index >= 15 is 0 Å². The molecule has 0 bridgehead atoms. The van der Waals surface area contributed by atoms with Crippen LogP contribution >= 0.6 is 0 Å². The van der Waals surface area contributed by atoms with E-state index < -0.39 is 10.0 Å². The number of unbranched alkanes of at least 4 members (excludes halogenated alkanes) is 3. The normalized spacial score (nSPS) is 11.8. The Morgan fingerprint density at radius 2 is 1.47 bits per heavy atom. The number of sulfonamides is 1. The van der Waals surface area contributed by atoms with Crippen LogP contribution in [0.3, 0.4) is 0 Å². The number of fused-ring (bicyclic) bond motifs is 1. The summed E-state index contributed by atoms with van der Waals surface area (Å²) in [7, 11) is -3.39. The number of nitrogens with one attached hydrogen (secondary N) is 1. The van der Waals surface area contributed by atoms with E-state index in [4.69, 9.17) is 13.9 Å². The zero-order valence-electron chi connectivity index (χ0n) is 23.4. The van der Waals surface area contributed by atoms with Crippen LogP contribution in [-0.4, -0.2) is 45.8 Å². The largest absolute Gasteiger partial charge is 0.494 e. The third-order valence-electron chi connectivity index (χ3n) is 6.36. The third-order valence-corrected chi connectivity index (χ3v) is 6.96. The second-order valence-corrected chi connectivity index (χ2v) is 11.6. The van der Waals surface area contributed by atoms with Crippen molar-refractivity contribution in [3.63, 3.8) is 0 Å². The smallest absolute Gasteiger partial charge is 0.229 e. The van der Waals surface area contributed by atoms with Gasteiger partial charge in [0.1, 0.15) is 22.8 Å². The summed E-state index contributed by atoms with van der Waals surface area (Å²) >= 11 is 0. The lowest BCUT2D eigenvalue weighted by molar-refractivity contribution is 0.229. The maximum absolute atomic E-state index is 11.7. The number of ether oxygens (including phenoxy) is 2. The number of aryl methyl sites for hydroxylation is 1. The molecule has 0 aliphatic heterocycles. The quantitative estimate of drug-likeness (QED) is 0.166. The van der Waals surface area contributed by atoms with Crippen molar-refractivity contribution >= 4 is 26.7 Å². The number of nitrogens with zero attached hydrogens (tertiary/aromatic N) is 1. The summed E-state index contributed by atoms with van der Waals surface area (Å²) in [4.78, 5) is 2.55. The van der Waals surface area contributed by atoms with Crippen LogP contribution in [0.5, 0.6) is 17.2 Å². The first kappa shape index (κ1) is 29.8. The Morgan fingerprint density at radius 1 is 0.842 bits per heavy atom. The van der Waals surface area contributed by atoms with Gasteiger partial charge >= 0.3 is 0 Å². The number of rotatable bonds is 18. The molecular formula is C30H44N2O5S. The maximum Gasteiger partial charge on any atom is 0.229 e. The Labute approximate surface area is 228 Å². The fourth-order valence-electron chi connectivity index (χ4n) is 4.32. The summed E-state index contributed by atoms with van der Waals surface area (Å²) in [6.07, 6.45) is 9.80. The van der Waals surface area contributed by atoms with Crippen LogP contribution < -0.4 is 14.2 Å². The van der Waals surface area contributed by atoms with E-state index in [1.54, 1.807) is 18.2 Å². The van der Waals surface area contributed by atoms with E-state index in [0.717, 1.165) is 68.5 Å². The molecule has 0 saturated carbocycles. The molecule has 1 heterocycles. The highest BCUT2D eigenvalue weighted by atomic mass is 32.2.